The van der Waals surface area contributed by atoms with Gasteiger partial charge in [-0.3, -0.25) is 4.79 Å². The molecule has 1 aromatic heterocycles. The molecule has 3 heterocycles. The lowest BCUT2D eigenvalue weighted by Crippen LogP contribution is -2.52. The van der Waals surface area contributed by atoms with Gasteiger partial charge in [0.15, 0.2) is 0 Å². The number of nitrogens with one attached hydrogen (secondary N) is 3. The monoisotopic (exact) mass is 392 g/mol. The Bertz CT molecular complexity index is 902. The van der Waals surface area contributed by atoms with Gasteiger partial charge in [0.05, 0.1) is 24.6 Å². The lowest BCUT2D eigenvalue weighted by atomic mass is 9.90. The number of carbonyl (C=O) groups excluding carboxylic acids is 1. The van der Waals surface area contributed by atoms with Crippen LogP contribution in [0.1, 0.15) is 25.7 Å². The normalized spacial score (nSPS) is 27.7. The number of aromatic nitrogens is 1. The van der Waals surface area contributed by atoms with Crippen molar-refractivity contribution < 1.29 is 9.21 Å². The summed E-state index contributed by atoms with van der Waals surface area (Å²) in [6.07, 6.45) is 6.66. The van der Waals surface area contributed by atoms with Crippen molar-refractivity contribution in [1.82, 2.24) is 20.7 Å². The molecule has 2 aromatic rings. The van der Waals surface area contributed by atoms with Crippen molar-refractivity contribution in [3.63, 3.8) is 0 Å². The number of nitrogens with zero attached hydrogens (tertiary/aromatic N) is 3. The van der Waals surface area contributed by atoms with Crippen molar-refractivity contribution in [3.05, 3.63) is 36.7 Å². The molecule has 1 aliphatic carbocycles. The maximum Gasteiger partial charge on any atom is 0.228 e. The van der Waals surface area contributed by atoms with Crippen LogP contribution in [0.25, 0.3) is 11.5 Å². The van der Waals surface area contributed by atoms with E-state index in [1.165, 1.54) is 0 Å². The fraction of sp³-hybridized carbons (Fsp3) is 0.476. The number of benzene rings is 1. The van der Waals surface area contributed by atoms with E-state index in [4.69, 9.17) is 4.42 Å². The first-order valence-electron chi connectivity index (χ1n) is 10.2. The summed E-state index contributed by atoms with van der Waals surface area (Å²) < 4.78 is 5.34. The Morgan fingerprint density at radius 2 is 2.14 bits per heavy atom. The van der Waals surface area contributed by atoms with E-state index in [-0.39, 0.29) is 30.1 Å². The zero-order valence-electron chi connectivity index (χ0n) is 16.0. The molecule has 1 saturated carbocycles. The Kier molecular flexibility index (Phi) is 4.70. The first-order valence-corrected chi connectivity index (χ1v) is 10.2. The molecule has 0 radical (unpaired) electrons. The molecule has 3 unspecified atom stereocenters. The predicted molar refractivity (Wildman–Crippen MR) is 106 cm³/mol. The van der Waals surface area contributed by atoms with Gasteiger partial charge in [0.2, 0.25) is 11.8 Å². The van der Waals surface area contributed by atoms with Crippen LogP contribution < -0.4 is 16.1 Å². The van der Waals surface area contributed by atoms with Crippen molar-refractivity contribution in [2.45, 2.75) is 43.9 Å². The smallest absolute Gasteiger partial charge is 0.228 e. The van der Waals surface area contributed by atoms with Crippen molar-refractivity contribution in [2.75, 3.05) is 11.9 Å². The topological polar surface area (TPSA) is 106 Å². The van der Waals surface area contributed by atoms with Crippen LogP contribution in [0, 0.1) is 23.2 Å². The Labute approximate surface area is 169 Å². The summed E-state index contributed by atoms with van der Waals surface area (Å²) in [7, 11) is 0. The van der Waals surface area contributed by atoms with Crippen LogP contribution in [0.2, 0.25) is 0 Å². The second kappa shape index (κ2) is 7.50. The molecule has 3 fully saturated rings. The number of oxazole rings is 1. The molecule has 0 bridgehead atoms. The number of amides is 1. The summed E-state index contributed by atoms with van der Waals surface area (Å²) in [5.41, 5.74) is 5.36. The van der Waals surface area contributed by atoms with Crippen LogP contribution >= 0.6 is 0 Å². The van der Waals surface area contributed by atoms with Crippen LogP contribution in [0.5, 0.6) is 0 Å². The predicted octanol–water partition coefficient (Wildman–Crippen LogP) is 2.10. The van der Waals surface area contributed by atoms with E-state index in [9.17, 15) is 10.1 Å². The van der Waals surface area contributed by atoms with Gasteiger partial charge in [0.25, 0.3) is 0 Å². The molecule has 3 N–H and O–H groups in total. The number of hydrogen-bond acceptors (Lipinski definition) is 7. The largest absolute Gasteiger partial charge is 0.445 e. The second-order valence-corrected chi connectivity index (χ2v) is 8.01. The van der Waals surface area contributed by atoms with Crippen molar-refractivity contribution in [2.24, 2.45) is 11.8 Å². The van der Waals surface area contributed by atoms with Crippen LogP contribution in [-0.4, -0.2) is 40.7 Å². The minimum absolute atomic E-state index is 0.0664. The number of anilines is 1. The average Bonchev–Trinajstić information content (AvgIpc) is 3.29. The Morgan fingerprint density at radius 1 is 1.31 bits per heavy atom. The maximum absolute atomic E-state index is 12.7. The van der Waals surface area contributed by atoms with Crippen LogP contribution in [-0.2, 0) is 4.79 Å². The summed E-state index contributed by atoms with van der Waals surface area (Å²) in [5, 5.41) is 18.0. The van der Waals surface area contributed by atoms with Crippen LogP contribution in [0.3, 0.4) is 0 Å². The molecule has 2 aliphatic heterocycles. The summed E-state index contributed by atoms with van der Waals surface area (Å²) in [6.45, 7) is 0.680. The molecule has 1 aromatic carbocycles. The number of rotatable bonds is 6. The van der Waals surface area contributed by atoms with E-state index >= 15 is 0 Å². The molecule has 4 atom stereocenters. The van der Waals surface area contributed by atoms with Gasteiger partial charge in [-0.1, -0.05) is 0 Å². The third-order valence-corrected chi connectivity index (χ3v) is 6.17. The molecule has 8 nitrogen and oxygen atoms in total. The molecule has 150 valence electrons. The quantitative estimate of drug-likeness (QED) is 0.691. The number of carbonyl (C=O) groups is 1. The minimum atomic E-state index is -0.215. The number of nitriles is 1. The van der Waals surface area contributed by atoms with Gasteiger partial charge in [-0.05, 0) is 49.4 Å². The van der Waals surface area contributed by atoms with Crippen LogP contribution in [0.4, 0.5) is 5.69 Å². The van der Waals surface area contributed by atoms with Gasteiger partial charge in [-0.15, -0.1) is 0 Å². The summed E-state index contributed by atoms with van der Waals surface area (Å²) in [6, 6.07) is 10.4. The molecule has 0 spiro atoms. The van der Waals surface area contributed by atoms with Crippen molar-refractivity contribution in [1.29, 1.82) is 5.26 Å². The average molecular weight is 392 g/mol. The molecule has 29 heavy (non-hydrogen) atoms. The van der Waals surface area contributed by atoms with Crippen LogP contribution in [0.15, 0.2) is 41.1 Å². The molecule has 8 heteroatoms. The Balaban J connectivity index is 1.36. The number of fused-ring (bicyclic) bond motifs is 1. The first kappa shape index (κ1) is 18.2. The van der Waals surface area contributed by atoms with Gasteiger partial charge in [-0.2, -0.15) is 5.26 Å². The molecule has 2 saturated heterocycles. The lowest BCUT2D eigenvalue weighted by Gasteiger charge is -2.34. The maximum atomic E-state index is 12.7. The highest BCUT2D eigenvalue weighted by Crippen LogP contribution is 2.41. The first-order chi connectivity index (χ1) is 14.2. The Morgan fingerprint density at radius 3 is 2.83 bits per heavy atom. The molecule has 1 amide bonds. The van der Waals surface area contributed by atoms with E-state index in [1.807, 2.05) is 24.3 Å². The molecule has 3 aliphatic rings. The lowest BCUT2D eigenvalue weighted by molar-refractivity contribution is -0.128. The number of piperidine rings is 1. The zero-order chi connectivity index (χ0) is 19.8. The third kappa shape index (κ3) is 3.48. The highest BCUT2D eigenvalue weighted by atomic mass is 16.3. The third-order valence-electron chi connectivity index (χ3n) is 6.17. The van der Waals surface area contributed by atoms with Gasteiger partial charge >= 0.3 is 0 Å². The number of hydrogen-bond donors (Lipinski definition) is 3. The summed E-state index contributed by atoms with van der Waals surface area (Å²) in [5.74, 6) is 0.996. The fourth-order valence-electron chi connectivity index (χ4n) is 4.62. The van der Waals surface area contributed by atoms with E-state index in [2.05, 4.69) is 32.1 Å². The zero-order valence-corrected chi connectivity index (χ0v) is 16.0. The SMILES string of the molecule is N#CC[C@@H](C1CC1)N1NC(Nc2ccc(-c3ncco3)cc2)C2C(=O)NCCC21. The second-order valence-electron chi connectivity index (χ2n) is 8.01. The molecular formula is C21H24N6O2. The fourth-order valence-corrected chi connectivity index (χ4v) is 4.62. The van der Waals surface area contributed by atoms with Gasteiger partial charge in [0.1, 0.15) is 12.4 Å². The minimum Gasteiger partial charge on any atom is -0.445 e. The highest BCUT2D eigenvalue weighted by Gasteiger charge is 2.51. The van der Waals surface area contributed by atoms with E-state index < -0.39 is 0 Å². The van der Waals surface area contributed by atoms with Gasteiger partial charge in [-0.25, -0.2) is 15.4 Å². The van der Waals surface area contributed by atoms with Gasteiger partial charge in [0, 0.05) is 29.9 Å². The molecular weight excluding hydrogens is 368 g/mol. The molecule has 5 rings (SSSR count). The van der Waals surface area contributed by atoms with Crippen molar-refractivity contribution >= 4 is 11.6 Å². The summed E-state index contributed by atoms with van der Waals surface area (Å²) in [4.78, 5) is 16.9. The van der Waals surface area contributed by atoms with E-state index in [0.717, 1.165) is 30.5 Å². The Hall–Kier alpha value is -2.89. The summed E-state index contributed by atoms with van der Waals surface area (Å²) >= 11 is 0. The van der Waals surface area contributed by atoms with E-state index in [0.29, 0.717) is 24.8 Å². The van der Waals surface area contributed by atoms with Gasteiger partial charge < -0.3 is 15.1 Å². The standard InChI is InChI=1S/C21H24N6O2/c22-9-7-16(13-1-2-13)27-17-8-10-23-20(28)18(17)19(26-27)25-15-5-3-14(4-6-15)21-24-11-12-29-21/h3-6,11-13,16-19,25-26H,1-2,7-8,10H2,(H,23,28)/t16-,17?,18?,19?/m0/s1. The number of hydrazine groups is 1. The highest BCUT2D eigenvalue weighted by molar-refractivity contribution is 5.82. The van der Waals surface area contributed by atoms with E-state index in [1.54, 1.807) is 12.5 Å². The van der Waals surface area contributed by atoms with Crippen molar-refractivity contribution in [3.8, 4) is 17.5 Å².